The summed E-state index contributed by atoms with van der Waals surface area (Å²) in [6.07, 6.45) is 0. The fourth-order valence-corrected chi connectivity index (χ4v) is 2.44. The van der Waals surface area contributed by atoms with Crippen LogP contribution in [0.15, 0.2) is 46.9 Å². The van der Waals surface area contributed by atoms with Crippen LogP contribution >= 0.6 is 15.9 Å². The van der Waals surface area contributed by atoms with Crippen LogP contribution in [0.4, 0.5) is 4.39 Å². The maximum atomic E-state index is 13.7. The summed E-state index contributed by atoms with van der Waals surface area (Å²) < 4.78 is 14.5. The molecule has 2 aromatic rings. The fraction of sp³-hybridized carbons (Fsp3) is 0.250. The lowest BCUT2D eigenvalue weighted by molar-refractivity contribution is 0.542. The molecule has 0 fully saturated rings. The molecule has 1 atom stereocenters. The van der Waals surface area contributed by atoms with E-state index in [0.717, 1.165) is 4.47 Å². The van der Waals surface area contributed by atoms with E-state index in [2.05, 4.69) is 47.2 Å². The minimum Gasteiger partial charge on any atom is -0.306 e. The van der Waals surface area contributed by atoms with Gasteiger partial charge in [-0.25, -0.2) is 4.39 Å². The number of rotatable bonds is 4. The molecule has 1 nitrogen and oxygen atoms in total. The van der Waals surface area contributed by atoms with Gasteiger partial charge in [0.05, 0.1) is 0 Å². The van der Waals surface area contributed by atoms with Crippen molar-refractivity contribution in [2.24, 2.45) is 0 Å². The molecule has 0 unspecified atom stereocenters. The molecule has 19 heavy (non-hydrogen) atoms. The normalized spacial score (nSPS) is 12.4. The van der Waals surface area contributed by atoms with Crippen LogP contribution < -0.4 is 5.32 Å². The van der Waals surface area contributed by atoms with E-state index in [1.807, 2.05) is 18.2 Å². The van der Waals surface area contributed by atoms with Crippen LogP contribution in [-0.4, -0.2) is 0 Å². The average Bonchev–Trinajstić information content (AvgIpc) is 2.38. The van der Waals surface area contributed by atoms with Gasteiger partial charge >= 0.3 is 0 Å². The summed E-state index contributed by atoms with van der Waals surface area (Å²) in [6, 6.07) is 13.6. The number of benzene rings is 2. The van der Waals surface area contributed by atoms with Crippen molar-refractivity contribution >= 4 is 15.9 Å². The van der Waals surface area contributed by atoms with Crippen LogP contribution in [0.5, 0.6) is 0 Å². The molecule has 0 bridgehead atoms. The standard InChI is InChI=1S/C16H17BrFN/c1-11-5-3-4-6-15(11)12(2)19-10-13-7-8-14(17)9-16(13)18/h3-9,12,19H,10H2,1-2H3/t12-/m1/s1. The van der Waals surface area contributed by atoms with Crippen molar-refractivity contribution in [3.05, 3.63) is 69.4 Å². The lowest BCUT2D eigenvalue weighted by Crippen LogP contribution is -2.19. The second-order valence-electron chi connectivity index (χ2n) is 4.69. The van der Waals surface area contributed by atoms with E-state index >= 15 is 0 Å². The van der Waals surface area contributed by atoms with Crippen LogP contribution in [0.1, 0.15) is 29.7 Å². The van der Waals surface area contributed by atoms with Crippen LogP contribution in [0.25, 0.3) is 0 Å². The van der Waals surface area contributed by atoms with Gasteiger partial charge in [0.1, 0.15) is 5.82 Å². The molecule has 2 rings (SSSR count). The maximum Gasteiger partial charge on any atom is 0.128 e. The Balaban J connectivity index is 2.04. The number of halogens is 2. The summed E-state index contributed by atoms with van der Waals surface area (Å²) >= 11 is 3.26. The van der Waals surface area contributed by atoms with E-state index in [0.29, 0.717) is 12.1 Å². The Morgan fingerprint density at radius 1 is 1.21 bits per heavy atom. The molecular formula is C16H17BrFN. The summed E-state index contributed by atoms with van der Waals surface area (Å²) in [4.78, 5) is 0. The molecule has 2 aromatic carbocycles. The quantitative estimate of drug-likeness (QED) is 0.857. The molecule has 0 aliphatic rings. The molecule has 0 saturated carbocycles. The predicted molar refractivity (Wildman–Crippen MR) is 80.5 cm³/mol. The zero-order valence-electron chi connectivity index (χ0n) is 11.1. The van der Waals surface area contributed by atoms with Gasteiger partial charge in [-0.2, -0.15) is 0 Å². The third-order valence-corrected chi connectivity index (χ3v) is 3.76. The number of hydrogen-bond donors (Lipinski definition) is 1. The molecule has 0 aliphatic carbocycles. The van der Waals surface area contributed by atoms with Crippen molar-refractivity contribution in [3.63, 3.8) is 0 Å². The van der Waals surface area contributed by atoms with E-state index in [1.54, 1.807) is 6.07 Å². The molecule has 1 N–H and O–H groups in total. The third-order valence-electron chi connectivity index (χ3n) is 3.27. The first kappa shape index (κ1) is 14.2. The highest BCUT2D eigenvalue weighted by atomic mass is 79.9. The number of hydrogen-bond acceptors (Lipinski definition) is 1. The van der Waals surface area contributed by atoms with Gasteiger partial charge in [0, 0.05) is 22.6 Å². The fourth-order valence-electron chi connectivity index (χ4n) is 2.11. The molecule has 0 aromatic heterocycles. The van der Waals surface area contributed by atoms with Crippen molar-refractivity contribution in [1.29, 1.82) is 0 Å². The van der Waals surface area contributed by atoms with E-state index in [1.165, 1.54) is 17.2 Å². The largest absolute Gasteiger partial charge is 0.306 e. The molecular weight excluding hydrogens is 305 g/mol. The lowest BCUT2D eigenvalue weighted by Gasteiger charge is -2.17. The van der Waals surface area contributed by atoms with E-state index in [-0.39, 0.29) is 11.9 Å². The minimum absolute atomic E-state index is 0.182. The highest BCUT2D eigenvalue weighted by Gasteiger charge is 2.09. The molecule has 0 heterocycles. The Hall–Kier alpha value is -1.19. The topological polar surface area (TPSA) is 12.0 Å². The lowest BCUT2D eigenvalue weighted by atomic mass is 10.0. The van der Waals surface area contributed by atoms with Gasteiger partial charge in [0.25, 0.3) is 0 Å². The second kappa shape index (κ2) is 6.31. The van der Waals surface area contributed by atoms with Crippen molar-refractivity contribution in [2.75, 3.05) is 0 Å². The smallest absolute Gasteiger partial charge is 0.128 e. The van der Waals surface area contributed by atoms with E-state index in [4.69, 9.17) is 0 Å². The Kier molecular flexibility index (Phi) is 4.72. The summed E-state index contributed by atoms with van der Waals surface area (Å²) in [5.74, 6) is -0.182. The van der Waals surface area contributed by atoms with Crippen molar-refractivity contribution in [2.45, 2.75) is 26.4 Å². The van der Waals surface area contributed by atoms with Gasteiger partial charge in [-0.3, -0.25) is 0 Å². The molecule has 3 heteroatoms. The van der Waals surface area contributed by atoms with Crippen LogP contribution in [-0.2, 0) is 6.54 Å². The Bertz CT molecular complexity index is 568. The van der Waals surface area contributed by atoms with Gasteiger partial charge in [-0.1, -0.05) is 46.3 Å². The predicted octanol–water partition coefficient (Wildman–Crippen LogP) is 4.75. The van der Waals surface area contributed by atoms with Crippen LogP contribution in [0.3, 0.4) is 0 Å². The van der Waals surface area contributed by atoms with Gasteiger partial charge in [-0.05, 0) is 37.1 Å². The third kappa shape index (κ3) is 3.64. The van der Waals surface area contributed by atoms with Gasteiger partial charge < -0.3 is 5.32 Å². The zero-order valence-corrected chi connectivity index (χ0v) is 12.7. The van der Waals surface area contributed by atoms with Crippen molar-refractivity contribution in [1.82, 2.24) is 5.32 Å². The molecule has 0 amide bonds. The summed E-state index contributed by atoms with van der Waals surface area (Å²) in [6.45, 7) is 4.71. The van der Waals surface area contributed by atoms with Crippen LogP contribution in [0, 0.1) is 12.7 Å². The first-order valence-electron chi connectivity index (χ1n) is 6.31. The zero-order chi connectivity index (χ0) is 13.8. The summed E-state index contributed by atoms with van der Waals surface area (Å²) in [7, 11) is 0. The first-order valence-corrected chi connectivity index (χ1v) is 7.10. The molecule has 0 saturated heterocycles. The summed E-state index contributed by atoms with van der Waals surface area (Å²) in [5.41, 5.74) is 3.18. The van der Waals surface area contributed by atoms with Crippen molar-refractivity contribution < 1.29 is 4.39 Å². The second-order valence-corrected chi connectivity index (χ2v) is 5.61. The average molecular weight is 322 g/mol. The SMILES string of the molecule is Cc1ccccc1[C@@H](C)NCc1ccc(Br)cc1F. The Morgan fingerprint density at radius 2 is 1.95 bits per heavy atom. The number of aryl methyl sites for hydroxylation is 1. The molecule has 0 aliphatic heterocycles. The maximum absolute atomic E-state index is 13.7. The highest BCUT2D eigenvalue weighted by molar-refractivity contribution is 9.10. The molecule has 0 spiro atoms. The van der Waals surface area contributed by atoms with Crippen LogP contribution in [0.2, 0.25) is 0 Å². The summed E-state index contributed by atoms with van der Waals surface area (Å²) in [5, 5.41) is 3.36. The van der Waals surface area contributed by atoms with Gasteiger partial charge in [-0.15, -0.1) is 0 Å². The first-order chi connectivity index (χ1) is 9.08. The van der Waals surface area contributed by atoms with Gasteiger partial charge in [0.15, 0.2) is 0 Å². The Morgan fingerprint density at radius 3 is 2.63 bits per heavy atom. The minimum atomic E-state index is -0.182. The monoisotopic (exact) mass is 321 g/mol. The Labute approximate surface area is 122 Å². The number of nitrogens with one attached hydrogen (secondary N) is 1. The van der Waals surface area contributed by atoms with E-state index < -0.39 is 0 Å². The van der Waals surface area contributed by atoms with E-state index in [9.17, 15) is 4.39 Å². The molecule has 0 radical (unpaired) electrons. The van der Waals surface area contributed by atoms with Crippen molar-refractivity contribution in [3.8, 4) is 0 Å². The van der Waals surface area contributed by atoms with Gasteiger partial charge in [0.2, 0.25) is 0 Å². The highest BCUT2D eigenvalue weighted by Crippen LogP contribution is 2.19. The molecule has 100 valence electrons.